The summed E-state index contributed by atoms with van der Waals surface area (Å²) in [6.45, 7) is 8.80. The first-order valence-corrected chi connectivity index (χ1v) is 10.3. The Kier molecular flexibility index (Phi) is 6.29. The predicted molar refractivity (Wildman–Crippen MR) is 110 cm³/mol. The molecule has 1 fully saturated rings. The van der Waals surface area contributed by atoms with Crippen LogP contribution in [0.5, 0.6) is 0 Å². The normalized spacial score (nSPS) is 20.7. The highest BCUT2D eigenvalue weighted by Gasteiger charge is 2.42. The van der Waals surface area contributed by atoms with E-state index in [1.807, 2.05) is 7.11 Å². The minimum Gasteiger partial charge on any atom is -0.460 e. The summed E-state index contributed by atoms with van der Waals surface area (Å²) in [6, 6.07) is 8.60. The Morgan fingerprint density at radius 1 is 1.26 bits per heavy atom. The molecule has 2 aromatic rings. The maximum atomic E-state index is 9.31. The molecule has 150 valence electrons. The van der Waals surface area contributed by atoms with E-state index in [0.717, 1.165) is 67.5 Å². The third-order valence-electron chi connectivity index (χ3n) is 6.02. The summed E-state index contributed by atoms with van der Waals surface area (Å²) in [4.78, 5) is 0. The Bertz CT molecular complexity index is 740. The fourth-order valence-electron chi connectivity index (χ4n) is 4.45. The number of furan rings is 1. The number of hydrogen-bond acceptors (Lipinski definition) is 4. The molecule has 1 aromatic heterocycles. The van der Waals surface area contributed by atoms with Gasteiger partial charge in [0, 0.05) is 42.5 Å². The van der Waals surface area contributed by atoms with Gasteiger partial charge >= 0.3 is 0 Å². The highest BCUT2D eigenvalue weighted by molar-refractivity contribution is 5.82. The van der Waals surface area contributed by atoms with E-state index in [4.69, 9.17) is 9.15 Å². The van der Waals surface area contributed by atoms with Crippen molar-refractivity contribution in [2.45, 2.75) is 63.9 Å². The van der Waals surface area contributed by atoms with E-state index < -0.39 is 5.60 Å². The second-order valence-electron chi connectivity index (χ2n) is 8.90. The van der Waals surface area contributed by atoms with Gasteiger partial charge in [-0.25, -0.2) is 0 Å². The third kappa shape index (κ3) is 4.08. The number of ether oxygens (including phenoxy) is 1. The van der Waals surface area contributed by atoms with Gasteiger partial charge in [-0.05, 0) is 44.7 Å². The second kappa shape index (κ2) is 8.34. The standard InChI is InChI=1S/C23H35NO3/c1-22(2,3)20-15-17-9-7-11-19(21(17)27-20)23(26-4,12-5-6-14-25)18-10-8-13-24-16-18/h7,9,11,15,18,24-25H,5-6,8,10,12-14,16H2,1-4H3/t18-,23+/m1/s1. The molecule has 2 heterocycles. The fourth-order valence-corrected chi connectivity index (χ4v) is 4.45. The average molecular weight is 374 g/mol. The first-order chi connectivity index (χ1) is 12.9. The number of para-hydroxylation sites is 1. The van der Waals surface area contributed by atoms with Crippen LogP contribution in [0.1, 0.15) is 64.2 Å². The molecule has 27 heavy (non-hydrogen) atoms. The molecule has 1 aliphatic rings. The minimum absolute atomic E-state index is 0.0324. The zero-order chi connectivity index (χ0) is 19.5. The van der Waals surface area contributed by atoms with Gasteiger partial charge < -0.3 is 19.6 Å². The summed E-state index contributed by atoms with van der Waals surface area (Å²) >= 11 is 0. The first-order valence-electron chi connectivity index (χ1n) is 10.3. The van der Waals surface area contributed by atoms with E-state index in [1.54, 1.807) is 0 Å². The van der Waals surface area contributed by atoms with Crippen molar-refractivity contribution < 1.29 is 14.3 Å². The topological polar surface area (TPSA) is 54.6 Å². The lowest BCUT2D eigenvalue weighted by Crippen LogP contribution is -2.45. The molecule has 0 unspecified atom stereocenters. The van der Waals surface area contributed by atoms with Crippen LogP contribution >= 0.6 is 0 Å². The molecule has 4 heteroatoms. The number of nitrogens with one attached hydrogen (secondary N) is 1. The molecule has 0 spiro atoms. The van der Waals surface area contributed by atoms with Gasteiger partial charge in [0.15, 0.2) is 0 Å². The number of hydrogen-bond donors (Lipinski definition) is 2. The van der Waals surface area contributed by atoms with E-state index in [1.165, 1.54) is 0 Å². The van der Waals surface area contributed by atoms with Crippen LogP contribution < -0.4 is 5.32 Å². The van der Waals surface area contributed by atoms with Crippen LogP contribution in [0, 0.1) is 5.92 Å². The quantitative estimate of drug-likeness (QED) is 0.689. The summed E-state index contributed by atoms with van der Waals surface area (Å²) in [5.74, 6) is 1.40. The summed E-state index contributed by atoms with van der Waals surface area (Å²) in [6.07, 6.45) is 4.93. The van der Waals surface area contributed by atoms with Crippen molar-refractivity contribution in [3.05, 3.63) is 35.6 Å². The lowest BCUT2D eigenvalue weighted by molar-refractivity contribution is -0.0793. The zero-order valence-electron chi connectivity index (χ0n) is 17.3. The fraction of sp³-hybridized carbons (Fsp3) is 0.652. The van der Waals surface area contributed by atoms with Gasteiger partial charge in [-0.3, -0.25) is 0 Å². The number of benzene rings is 1. The Hall–Kier alpha value is -1.36. The Balaban J connectivity index is 2.11. The maximum absolute atomic E-state index is 9.31. The summed E-state index contributed by atoms with van der Waals surface area (Å²) in [5.41, 5.74) is 1.69. The Morgan fingerprint density at radius 2 is 2.07 bits per heavy atom. The molecule has 0 aliphatic carbocycles. The summed E-state index contributed by atoms with van der Waals surface area (Å²) in [7, 11) is 1.83. The number of unbranched alkanes of at least 4 members (excludes halogenated alkanes) is 1. The lowest BCUT2D eigenvalue weighted by Gasteiger charge is -2.42. The van der Waals surface area contributed by atoms with Crippen molar-refractivity contribution in [2.75, 3.05) is 26.8 Å². The van der Waals surface area contributed by atoms with Crippen molar-refractivity contribution in [3.8, 4) is 0 Å². The van der Waals surface area contributed by atoms with E-state index in [9.17, 15) is 5.11 Å². The smallest absolute Gasteiger partial charge is 0.140 e. The molecule has 1 aliphatic heterocycles. The van der Waals surface area contributed by atoms with Crippen molar-refractivity contribution in [2.24, 2.45) is 5.92 Å². The molecule has 2 N–H and O–H groups in total. The number of rotatable bonds is 7. The van der Waals surface area contributed by atoms with Gasteiger partial charge in [0.1, 0.15) is 16.9 Å². The zero-order valence-corrected chi connectivity index (χ0v) is 17.3. The van der Waals surface area contributed by atoms with Crippen LogP contribution in [-0.2, 0) is 15.8 Å². The van der Waals surface area contributed by atoms with E-state index in [0.29, 0.717) is 5.92 Å². The van der Waals surface area contributed by atoms with E-state index >= 15 is 0 Å². The number of fused-ring (bicyclic) bond motifs is 1. The average Bonchev–Trinajstić information content (AvgIpc) is 3.11. The van der Waals surface area contributed by atoms with Crippen molar-refractivity contribution in [1.82, 2.24) is 5.32 Å². The number of aliphatic hydroxyl groups excluding tert-OH is 1. The van der Waals surface area contributed by atoms with Gasteiger partial charge in [-0.15, -0.1) is 0 Å². The van der Waals surface area contributed by atoms with Crippen LogP contribution in [-0.4, -0.2) is 31.9 Å². The molecule has 0 saturated carbocycles. The van der Waals surface area contributed by atoms with Crippen LogP contribution in [0.25, 0.3) is 11.0 Å². The van der Waals surface area contributed by atoms with Gasteiger partial charge in [0.2, 0.25) is 0 Å². The lowest BCUT2D eigenvalue weighted by atomic mass is 9.74. The van der Waals surface area contributed by atoms with E-state index in [2.05, 4.69) is 50.4 Å². The molecule has 4 nitrogen and oxygen atoms in total. The number of aliphatic hydroxyl groups is 1. The highest BCUT2D eigenvalue weighted by Crippen LogP contribution is 2.45. The Morgan fingerprint density at radius 3 is 2.70 bits per heavy atom. The number of methoxy groups -OCH3 is 1. The largest absolute Gasteiger partial charge is 0.460 e. The Labute approximate surface area is 163 Å². The first kappa shape index (κ1) is 20.4. The molecular formula is C23H35NO3. The van der Waals surface area contributed by atoms with Crippen LogP contribution in [0.15, 0.2) is 28.7 Å². The molecule has 2 atom stereocenters. The van der Waals surface area contributed by atoms with Gasteiger partial charge in [0.25, 0.3) is 0 Å². The minimum atomic E-state index is -0.394. The van der Waals surface area contributed by atoms with Crippen molar-refractivity contribution in [1.29, 1.82) is 0 Å². The molecular weight excluding hydrogens is 338 g/mol. The third-order valence-corrected chi connectivity index (χ3v) is 6.02. The number of piperidine rings is 1. The van der Waals surface area contributed by atoms with Crippen LogP contribution in [0.3, 0.4) is 0 Å². The van der Waals surface area contributed by atoms with Crippen molar-refractivity contribution in [3.63, 3.8) is 0 Å². The molecule has 0 amide bonds. The molecule has 0 bridgehead atoms. The van der Waals surface area contributed by atoms with Gasteiger partial charge in [-0.2, -0.15) is 0 Å². The molecule has 1 aromatic carbocycles. The predicted octanol–water partition coefficient (Wildman–Crippen LogP) is 4.73. The highest BCUT2D eigenvalue weighted by atomic mass is 16.5. The van der Waals surface area contributed by atoms with Gasteiger partial charge in [-0.1, -0.05) is 39.0 Å². The molecule has 3 rings (SSSR count). The summed E-state index contributed by atoms with van der Waals surface area (Å²) in [5, 5.41) is 14.0. The maximum Gasteiger partial charge on any atom is 0.140 e. The van der Waals surface area contributed by atoms with Crippen LogP contribution in [0.4, 0.5) is 0 Å². The van der Waals surface area contributed by atoms with Crippen LogP contribution in [0.2, 0.25) is 0 Å². The van der Waals surface area contributed by atoms with E-state index in [-0.39, 0.29) is 12.0 Å². The summed E-state index contributed by atoms with van der Waals surface area (Å²) < 4.78 is 12.8. The molecule has 1 saturated heterocycles. The monoisotopic (exact) mass is 373 g/mol. The van der Waals surface area contributed by atoms with Crippen molar-refractivity contribution >= 4 is 11.0 Å². The van der Waals surface area contributed by atoms with Gasteiger partial charge in [0.05, 0.1) is 0 Å². The molecule has 0 radical (unpaired) electrons. The second-order valence-corrected chi connectivity index (χ2v) is 8.90. The SMILES string of the molecule is CO[C@](CCCCO)(c1cccc2cc(C(C)(C)C)oc12)[C@@H]1CCCNC1.